The number of aryl methyl sites for hydroxylation is 1. The van der Waals surface area contributed by atoms with Crippen molar-refractivity contribution in [1.29, 1.82) is 0 Å². The molecule has 21 heavy (non-hydrogen) atoms. The van der Waals surface area contributed by atoms with Crippen molar-refractivity contribution in [2.75, 3.05) is 13.1 Å². The first-order valence-corrected chi connectivity index (χ1v) is 8.04. The lowest BCUT2D eigenvalue weighted by Crippen LogP contribution is -2.38. The number of aliphatic carboxylic acids is 1. The second-order valence-corrected chi connectivity index (χ2v) is 6.49. The number of piperidine rings is 1. The van der Waals surface area contributed by atoms with Crippen molar-refractivity contribution < 1.29 is 14.7 Å². The molecule has 4 nitrogen and oxygen atoms in total. The molecule has 0 atom stereocenters. The first-order chi connectivity index (χ1) is 9.97. The van der Waals surface area contributed by atoms with E-state index in [9.17, 15) is 9.59 Å². The molecule has 0 bridgehead atoms. The first kappa shape index (κ1) is 16.0. The average Bonchev–Trinajstić information content (AvgIpc) is 2.48. The summed E-state index contributed by atoms with van der Waals surface area (Å²) in [6.07, 6.45) is 2.74. The summed E-state index contributed by atoms with van der Waals surface area (Å²) in [5, 5.41) is 8.71. The normalized spacial score (nSPS) is 16.0. The van der Waals surface area contributed by atoms with Gasteiger partial charge in [0.05, 0.1) is 0 Å². The van der Waals surface area contributed by atoms with Gasteiger partial charge in [-0.15, -0.1) is 0 Å². The number of carboxylic acids is 1. The molecule has 1 heterocycles. The van der Waals surface area contributed by atoms with Crippen LogP contribution in [-0.2, 0) is 4.79 Å². The Morgan fingerprint density at radius 1 is 1.33 bits per heavy atom. The molecule has 0 unspecified atom stereocenters. The third-order valence-corrected chi connectivity index (χ3v) is 4.96. The largest absolute Gasteiger partial charge is 0.481 e. The minimum absolute atomic E-state index is 0.0716. The van der Waals surface area contributed by atoms with Gasteiger partial charge in [0.15, 0.2) is 0 Å². The van der Waals surface area contributed by atoms with Crippen LogP contribution in [-0.4, -0.2) is 35.0 Å². The van der Waals surface area contributed by atoms with Crippen LogP contribution in [0.25, 0.3) is 0 Å². The van der Waals surface area contributed by atoms with E-state index in [2.05, 4.69) is 15.9 Å². The maximum atomic E-state index is 12.5. The quantitative estimate of drug-likeness (QED) is 0.901. The van der Waals surface area contributed by atoms with Crippen molar-refractivity contribution >= 4 is 27.8 Å². The molecule has 1 aromatic rings. The smallest absolute Gasteiger partial charge is 0.303 e. The van der Waals surface area contributed by atoms with E-state index in [1.165, 1.54) is 0 Å². The maximum Gasteiger partial charge on any atom is 0.303 e. The topological polar surface area (TPSA) is 57.6 Å². The Balaban J connectivity index is 1.90. The Kier molecular flexibility index (Phi) is 5.39. The van der Waals surface area contributed by atoms with Gasteiger partial charge >= 0.3 is 5.97 Å². The van der Waals surface area contributed by atoms with Gasteiger partial charge in [0.1, 0.15) is 0 Å². The third-order valence-electron chi connectivity index (χ3n) is 4.07. The number of carboxylic acid groups (broad SMARTS) is 1. The molecule has 5 heteroatoms. The van der Waals surface area contributed by atoms with E-state index in [-0.39, 0.29) is 12.3 Å². The lowest BCUT2D eigenvalue weighted by atomic mass is 9.92. The van der Waals surface area contributed by atoms with E-state index >= 15 is 0 Å². The van der Waals surface area contributed by atoms with Crippen molar-refractivity contribution in [2.45, 2.75) is 32.6 Å². The van der Waals surface area contributed by atoms with Crippen molar-refractivity contribution in [1.82, 2.24) is 4.90 Å². The van der Waals surface area contributed by atoms with Crippen molar-refractivity contribution in [2.24, 2.45) is 5.92 Å². The molecule has 0 saturated carbocycles. The number of nitrogens with zero attached hydrogens (tertiary/aromatic N) is 1. The maximum absolute atomic E-state index is 12.5. The third kappa shape index (κ3) is 4.30. The van der Waals surface area contributed by atoms with Gasteiger partial charge in [-0.1, -0.05) is 15.9 Å². The molecule has 1 N–H and O–H groups in total. The number of carbonyl (C=O) groups is 2. The minimum atomic E-state index is -0.737. The Morgan fingerprint density at radius 3 is 2.57 bits per heavy atom. The summed E-state index contributed by atoms with van der Waals surface area (Å²) in [4.78, 5) is 24.9. The van der Waals surface area contributed by atoms with E-state index in [1.807, 2.05) is 30.0 Å². The van der Waals surface area contributed by atoms with Gasteiger partial charge in [-0.25, -0.2) is 0 Å². The zero-order valence-electron chi connectivity index (χ0n) is 12.1. The van der Waals surface area contributed by atoms with Gasteiger partial charge in [0, 0.05) is 29.5 Å². The first-order valence-electron chi connectivity index (χ1n) is 7.24. The molecule has 1 aliphatic rings. The highest BCUT2D eigenvalue weighted by atomic mass is 79.9. The van der Waals surface area contributed by atoms with Crippen molar-refractivity contribution in [3.05, 3.63) is 33.8 Å². The van der Waals surface area contributed by atoms with Crippen LogP contribution in [0.4, 0.5) is 0 Å². The Hall–Kier alpha value is -1.36. The predicted octanol–water partition coefficient (Wildman–Crippen LogP) is 3.47. The molecule has 1 aromatic carbocycles. The number of benzene rings is 1. The standard InChI is InChI=1S/C16H20BrNO3/c1-11-10-13(3-4-14(11)17)16(21)18-8-6-12(7-9-18)2-5-15(19)20/h3-4,10,12H,2,5-9H2,1H3,(H,19,20). The minimum Gasteiger partial charge on any atom is -0.481 e. The molecule has 0 aromatic heterocycles. The number of carbonyl (C=O) groups excluding carboxylic acids is 1. The van der Waals surface area contributed by atoms with Gasteiger partial charge in [0.25, 0.3) is 5.91 Å². The number of rotatable bonds is 4. The van der Waals surface area contributed by atoms with Crippen LogP contribution in [0, 0.1) is 12.8 Å². The second-order valence-electron chi connectivity index (χ2n) is 5.63. The molecule has 2 rings (SSSR count). The highest BCUT2D eigenvalue weighted by Gasteiger charge is 2.24. The summed E-state index contributed by atoms with van der Waals surface area (Å²) in [5.41, 5.74) is 1.77. The number of hydrogen-bond acceptors (Lipinski definition) is 2. The average molecular weight is 354 g/mol. The zero-order valence-corrected chi connectivity index (χ0v) is 13.7. The fraction of sp³-hybridized carbons (Fsp3) is 0.500. The van der Waals surface area contributed by atoms with Crippen LogP contribution in [0.2, 0.25) is 0 Å². The molecule has 1 amide bonds. The number of likely N-dealkylation sites (tertiary alicyclic amines) is 1. The zero-order chi connectivity index (χ0) is 15.4. The summed E-state index contributed by atoms with van der Waals surface area (Å²) in [6, 6.07) is 5.65. The van der Waals surface area contributed by atoms with Crippen LogP contribution in [0.3, 0.4) is 0 Å². The summed E-state index contributed by atoms with van der Waals surface area (Å²) < 4.78 is 1.01. The predicted molar refractivity (Wildman–Crippen MR) is 84.4 cm³/mol. The Labute approximate surface area is 133 Å². The molecule has 1 saturated heterocycles. The lowest BCUT2D eigenvalue weighted by Gasteiger charge is -2.32. The van der Waals surface area contributed by atoms with Crippen LogP contribution >= 0.6 is 15.9 Å². The van der Waals surface area contributed by atoms with E-state index in [0.717, 1.165) is 48.0 Å². The fourth-order valence-corrected chi connectivity index (χ4v) is 2.96. The van der Waals surface area contributed by atoms with E-state index in [1.54, 1.807) is 0 Å². The van der Waals surface area contributed by atoms with Crippen LogP contribution in [0.5, 0.6) is 0 Å². The van der Waals surface area contributed by atoms with Gasteiger partial charge < -0.3 is 10.0 Å². The summed E-state index contributed by atoms with van der Waals surface area (Å²) in [5.74, 6) is -0.238. The summed E-state index contributed by atoms with van der Waals surface area (Å²) >= 11 is 3.44. The molecular weight excluding hydrogens is 334 g/mol. The second kappa shape index (κ2) is 7.07. The van der Waals surface area contributed by atoms with E-state index in [4.69, 9.17) is 5.11 Å². The van der Waals surface area contributed by atoms with E-state index < -0.39 is 5.97 Å². The summed E-state index contributed by atoms with van der Waals surface area (Å²) in [6.45, 7) is 3.41. The number of amides is 1. The molecule has 0 spiro atoms. The molecular formula is C16H20BrNO3. The van der Waals surface area contributed by atoms with E-state index in [0.29, 0.717) is 5.92 Å². The van der Waals surface area contributed by atoms with Crippen molar-refractivity contribution in [3.8, 4) is 0 Å². The molecule has 1 fully saturated rings. The molecule has 114 valence electrons. The monoisotopic (exact) mass is 353 g/mol. The van der Waals surface area contributed by atoms with Crippen LogP contribution < -0.4 is 0 Å². The lowest BCUT2D eigenvalue weighted by molar-refractivity contribution is -0.137. The number of halogens is 1. The van der Waals surface area contributed by atoms with Gasteiger partial charge in [-0.2, -0.15) is 0 Å². The van der Waals surface area contributed by atoms with Crippen LogP contribution in [0.15, 0.2) is 22.7 Å². The Bertz CT molecular complexity index is 536. The highest BCUT2D eigenvalue weighted by Crippen LogP contribution is 2.24. The van der Waals surface area contributed by atoms with Crippen molar-refractivity contribution in [3.63, 3.8) is 0 Å². The summed E-state index contributed by atoms with van der Waals surface area (Å²) in [7, 11) is 0. The van der Waals surface area contributed by atoms with Gasteiger partial charge in [-0.3, -0.25) is 9.59 Å². The highest BCUT2D eigenvalue weighted by molar-refractivity contribution is 9.10. The molecule has 1 aliphatic heterocycles. The van der Waals surface area contributed by atoms with Gasteiger partial charge in [-0.05, 0) is 55.9 Å². The fourth-order valence-electron chi connectivity index (χ4n) is 2.71. The number of hydrogen-bond donors (Lipinski definition) is 1. The Morgan fingerprint density at radius 2 is 2.00 bits per heavy atom. The molecule has 0 radical (unpaired) electrons. The van der Waals surface area contributed by atoms with Gasteiger partial charge in [0.2, 0.25) is 0 Å². The molecule has 0 aliphatic carbocycles. The van der Waals surface area contributed by atoms with Crippen LogP contribution in [0.1, 0.15) is 41.6 Å². The SMILES string of the molecule is Cc1cc(C(=O)N2CCC(CCC(=O)O)CC2)ccc1Br.